The highest BCUT2D eigenvalue weighted by Crippen LogP contribution is 2.23. The van der Waals surface area contributed by atoms with Gasteiger partial charge in [0.05, 0.1) is 0 Å². The lowest BCUT2D eigenvalue weighted by Crippen LogP contribution is -2.60. The number of halogens is 2. The van der Waals surface area contributed by atoms with E-state index in [1.807, 2.05) is 6.07 Å². The third-order valence-electron chi connectivity index (χ3n) is 3.99. The topological polar surface area (TPSA) is 41.3 Å². The zero-order chi connectivity index (χ0) is 15.3. The van der Waals surface area contributed by atoms with Crippen LogP contribution in [0.1, 0.15) is 33.3 Å². The van der Waals surface area contributed by atoms with Crippen molar-refractivity contribution in [3.8, 4) is 0 Å². The minimum absolute atomic E-state index is 0.0381. The molecule has 0 saturated carbocycles. The molecule has 1 rings (SSSR count). The lowest BCUT2D eigenvalue weighted by Gasteiger charge is -2.43. The second-order valence-electron chi connectivity index (χ2n) is 5.53. The van der Waals surface area contributed by atoms with Crippen LogP contribution in [0.4, 0.5) is 4.39 Å². The number of nitrogens with two attached hydrogens (primary N) is 1. The Hall–Kier alpha value is -0.490. The van der Waals surface area contributed by atoms with Gasteiger partial charge in [0.2, 0.25) is 0 Å². The molecule has 0 aromatic heterocycles. The second-order valence-corrected chi connectivity index (χ2v) is 6.44. The highest BCUT2D eigenvalue weighted by Gasteiger charge is 2.33. The lowest BCUT2D eigenvalue weighted by molar-refractivity contribution is 0.0912. The molecule has 20 heavy (non-hydrogen) atoms. The van der Waals surface area contributed by atoms with Gasteiger partial charge in [-0.05, 0) is 57.1 Å². The van der Waals surface area contributed by atoms with Crippen molar-refractivity contribution in [2.24, 2.45) is 5.84 Å². The van der Waals surface area contributed by atoms with Crippen molar-refractivity contribution < 1.29 is 4.39 Å². The fourth-order valence-electron chi connectivity index (χ4n) is 2.74. The van der Waals surface area contributed by atoms with Gasteiger partial charge in [-0.15, -0.1) is 0 Å². The van der Waals surface area contributed by atoms with Crippen molar-refractivity contribution in [2.45, 2.75) is 45.7 Å². The first-order valence-electron chi connectivity index (χ1n) is 7.01. The van der Waals surface area contributed by atoms with E-state index in [0.717, 1.165) is 23.1 Å². The molecule has 1 unspecified atom stereocenters. The summed E-state index contributed by atoms with van der Waals surface area (Å²) in [6, 6.07) is 5.00. The fourth-order valence-corrected chi connectivity index (χ4v) is 3.25. The van der Waals surface area contributed by atoms with Crippen molar-refractivity contribution in [1.82, 2.24) is 10.3 Å². The quantitative estimate of drug-likeness (QED) is 0.589. The normalized spacial score (nSPS) is 13.8. The van der Waals surface area contributed by atoms with Crippen LogP contribution in [0.5, 0.6) is 0 Å². The van der Waals surface area contributed by atoms with Crippen LogP contribution in [0.2, 0.25) is 0 Å². The van der Waals surface area contributed by atoms with E-state index in [1.165, 1.54) is 6.07 Å². The summed E-state index contributed by atoms with van der Waals surface area (Å²) in [6.07, 6.45) is 0.677. The van der Waals surface area contributed by atoms with Gasteiger partial charge in [0.15, 0.2) is 0 Å². The first-order valence-corrected chi connectivity index (χ1v) is 7.80. The average Bonchev–Trinajstić information content (AvgIpc) is 2.35. The molecular weight excluding hydrogens is 321 g/mol. The molecule has 1 aromatic carbocycles. The largest absolute Gasteiger partial charge is 0.297 e. The van der Waals surface area contributed by atoms with Gasteiger partial charge in [-0.3, -0.25) is 16.2 Å². The van der Waals surface area contributed by atoms with Crippen LogP contribution in [0.15, 0.2) is 22.7 Å². The average molecular weight is 346 g/mol. The maximum Gasteiger partial charge on any atom is 0.124 e. The summed E-state index contributed by atoms with van der Waals surface area (Å²) in [5, 5.41) is 0. The molecule has 5 heteroatoms. The molecule has 0 spiro atoms. The Balaban J connectivity index is 2.95. The molecule has 0 fully saturated rings. The number of hydrogen-bond acceptors (Lipinski definition) is 3. The van der Waals surface area contributed by atoms with E-state index in [9.17, 15) is 4.39 Å². The first-order chi connectivity index (χ1) is 9.34. The molecule has 114 valence electrons. The second kappa shape index (κ2) is 7.50. The SMILES string of the molecule is CCN(CC)C(C)(C)C(Cc1cc(F)cc(Br)c1)NN. The predicted octanol–water partition coefficient (Wildman–Crippen LogP) is 3.08. The van der Waals surface area contributed by atoms with Crippen LogP contribution in [0.25, 0.3) is 0 Å². The smallest absolute Gasteiger partial charge is 0.124 e. The summed E-state index contributed by atoms with van der Waals surface area (Å²) in [5.41, 5.74) is 3.72. The van der Waals surface area contributed by atoms with Crippen molar-refractivity contribution in [2.75, 3.05) is 13.1 Å². The van der Waals surface area contributed by atoms with Gasteiger partial charge in [0.25, 0.3) is 0 Å². The third kappa shape index (κ3) is 4.25. The Morgan fingerprint density at radius 2 is 1.90 bits per heavy atom. The van der Waals surface area contributed by atoms with Crippen LogP contribution in [-0.4, -0.2) is 29.6 Å². The number of likely N-dealkylation sites (N-methyl/N-ethyl adjacent to an activating group) is 1. The molecule has 0 aliphatic heterocycles. The van der Waals surface area contributed by atoms with E-state index in [4.69, 9.17) is 5.84 Å². The van der Waals surface area contributed by atoms with E-state index < -0.39 is 0 Å². The zero-order valence-electron chi connectivity index (χ0n) is 12.7. The summed E-state index contributed by atoms with van der Waals surface area (Å²) in [7, 11) is 0. The monoisotopic (exact) mass is 345 g/mol. The van der Waals surface area contributed by atoms with E-state index in [2.05, 4.69) is 54.0 Å². The number of rotatable bonds is 7. The van der Waals surface area contributed by atoms with Gasteiger partial charge in [0.1, 0.15) is 5.82 Å². The maximum atomic E-state index is 13.5. The Labute approximate surface area is 129 Å². The van der Waals surface area contributed by atoms with Crippen molar-refractivity contribution in [3.05, 3.63) is 34.1 Å². The molecule has 0 aliphatic rings. The van der Waals surface area contributed by atoms with E-state index >= 15 is 0 Å². The molecule has 0 radical (unpaired) electrons. The minimum Gasteiger partial charge on any atom is -0.297 e. The lowest BCUT2D eigenvalue weighted by atomic mass is 9.88. The third-order valence-corrected chi connectivity index (χ3v) is 4.45. The first kappa shape index (κ1) is 17.6. The molecule has 0 bridgehead atoms. The molecule has 1 atom stereocenters. The molecule has 3 N–H and O–H groups in total. The van der Waals surface area contributed by atoms with Gasteiger partial charge in [-0.2, -0.15) is 0 Å². The molecule has 3 nitrogen and oxygen atoms in total. The molecule has 0 saturated heterocycles. The Kier molecular flexibility index (Phi) is 6.58. The molecule has 0 heterocycles. The summed E-state index contributed by atoms with van der Waals surface area (Å²) < 4.78 is 14.2. The van der Waals surface area contributed by atoms with Gasteiger partial charge in [-0.1, -0.05) is 29.8 Å². The standard InChI is InChI=1S/C15H25BrFN3/c1-5-20(6-2)15(3,4)14(19-18)9-11-7-12(16)10-13(17)8-11/h7-8,10,14,19H,5-6,9,18H2,1-4H3. The summed E-state index contributed by atoms with van der Waals surface area (Å²) in [5.74, 6) is 5.52. The van der Waals surface area contributed by atoms with Gasteiger partial charge in [-0.25, -0.2) is 4.39 Å². The number of hydrazine groups is 1. The van der Waals surface area contributed by atoms with Gasteiger partial charge >= 0.3 is 0 Å². The van der Waals surface area contributed by atoms with Crippen molar-refractivity contribution in [3.63, 3.8) is 0 Å². The number of nitrogens with one attached hydrogen (secondary N) is 1. The van der Waals surface area contributed by atoms with E-state index in [1.54, 1.807) is 6.07 Å². The van der Waals surface area contributed by atoms with Crippen LogP contribution in [-0.2, 0) is 6.42 Å². The Bertz CT molecular complexity index is 413. The maximum absolute atomic E-state index is 13.5. The summed E-state index contributed by atoms with van der Waals surface area (Å²) in [4.78, 5) is 2.35. The predicted molar refractivity (Wildman–Crippen MR) is 85.9 cm³/mol. The van der Waals surface area contributed by atoms with Crippen LogP contribution >= 0.6 is 15.9 Å². The molecule has 0 amide bonds. The van der Waals surface area contributed by atoms with Crippen LogP contribution in [0, 0.1) is 5.82 Å². The Morgan fingerprint density at radius 3 is 2.35 bits per heavy atom. The zero-order valence-corrected chi connectivity index (χ0v) is 14.3. The molecule has 0 aliphatic carbocycles. The Morgan fingerprint density at radius 1 is 1.30 bits per heavy atom. The highest BCUT2D eigenvalue weighted by atomic mass is 79.9. The van der Waals surface area contributed by atoms with Crippen molar-refractivity contribution in [1.29, 1.82) is 0 Å². The van der Waals surface area contributed by atoms with Crippen molar-refractivity contribution >= 4 is 15.9 Å². The summed E-state index contributed by atoms with van der Waals surface area (Å²) >= 11 is 3.33. The number of benzene rings is 1. The highest BCUT2D eigenvalue weighted by molar-refractivity contribution is 9.10. The van der Waals surface area contributed by atoms with Crippen LogP contribution in [0.3, 0.4) is 0 Å². The number of nitrogens with zero attached hydrogens (tertiary/aromatic N) is 1. The van der Waals surface area contributed by atoms with E-state index in [0.29, 0.717) is 6.42 Å². The van der Waals surface area contributed by atoms with Crippen LogP contribution < -0.4 is 11.3 Å². The van der Waals surface area contributed by atoms with Gasteiger partial charge in [0, 0.05) is 16.1 Å². The molecular formula is C15H25BrFN3. The number of hydrogen-bond donors (Lipinski definition) is 2. The fraction of sp³-hybridized carbons (Fsp3) is 0.600. The summed E-state index contributed by atoms with van der Waals surface area (Å²) in [6.45, 7) is 10.5. The minimum atomic E-state index is -0.231. The van der Waals surface area contributed by atoms with Gasteiger partial charge < -0.3 is 0 Å². The van der Waals surface area contributed by atoms with E-state index in [-0.39, 0.29) is 17.4 Å². The molecule has 1 aromatic rings.